The fraction of sp³-hybridized carbons (Fsp3) is 0.133. The second kappa shape index (κ2) is 5.85. The molecule has 0 unspecified atom stereocenters. The maximum Gasteiger partial charge on any atom is 0.153 e. The minimum Gasteiger partial charge on any atom is -0.487 e. The zero-order valence-electron chi connectivity index (χ0n) is 10.3. The van der Waals surface area contributed by atoms with Crippen LogP contribution in [0.5, 0.6) is 5.75 Å². The fourth-order valence-electron chi connectivity index (χ4n) is 1.72. The number of ether oxygens (including phenoxy) is 1. The normalized spacial score (nSPS) is 10.3. The second-order valence-corrected chi connectivity index (χ2v) is 4.54. The molecule has 2 nitrogen and oxygen atoms in total. The molecule has 98 valence electrons. The number of halogens is 2. The Morgan fingerprint density at radius 3 is 2.84 bits per heavy atom. The Hall–Kier alpha value is -1.87. The van der Waals surface area contributed by atoms with Gasteiger partial charge < -0.3 is 4.74 Å². The quantitative estimate of drug-likeness (QED) is 0.784. The molecule has 0 aliphatic rings. The van der Waals surface area contributed by atoms with Gasteiger partial charge in [0.1, 0.15) is 18.2 Å². The van der Waals surface area contributed by atoms with Crippen LogP contribution < -0.4 is 4.74 Å². The van der Waals surface area contributed by atoms with Crippen LogP contribution in [0.2, 0.25) is 5.02 Å². The van der Waals surface area contributed by atoms with E-state index in [-0.39, 0.29) is 12.4 Å². The van der Waals surface area contributed by atoms with E-state index in [2.05, 4.69) is 0 Å². The molecule has 0 radical (unpaired) electrons. The Morgan fingerprint density at radius 1 is 1.32 bits per heavy atom. The highest BCUT2D eigenvalue weighted by molar-refractivity contribution is 6.32. The number of carbonyl (C=O) groups is 1. The van der Waals surface area contributed by atoms with E-state index < -0.39 is 0 Å². The summed E-state index contributed by atoms with van der Waals surface area (Å²) < 4.78 is 18.7. The van der Waals surface area contributed by atoms with Gasteiger partial charge in [-0.3, -0.25) is 4.79 Å². The van der Waals surface area contributed by atoms with E-state index in [1.165, 1.54) is 12.1 Å². The maximum absolute atomic E-state index is 13.2. The van der Waals surface area contributed by atoms with Gasteiger partial charge in [0.2, 0.25) is 0 Å². The summed E-state index contributed by atoms with van der Waals surface area (Å²) >= 11 is 5.99. The first-order valence-corrected chi connectivity index (χ1v) is 6.11. The lowest BCUT2D eigenvalue weighted by Crippen LogP contribution is -2.01. The molecule has 0 bridgehead atoms. The molecule has 0 amide bonds. The van der Waals surface area contributed by atoms with Crippen LogP contribution in [0.25, 0.3) is 0 Å². The fourth-order valence-corrected chi connectivity index (χ4v) is 1.95. The minimum atomic E-state index is -0.320. The van der Waals surface area contributed by atoms with Crippen LogP contribution >= 0.6 is 11.6 Å². The lowest BCUT2D eigenvalue weighted by atomic mass is 10.1. The van der Waals surface area contributed by atoms with Crippen molar-refractivity contribution in [2.75, 3.05) is 0 Å². The van der Waals surface area contributed by atoms with Crippen molar-refractivity contribution in [2.24, 2.45) is 0 Å². The predicted molar refractivity (Wildman–Crippen MR) is 72.3 cm³/mol. The first-order chi connectivity index (χ1) is 9.11. The smallest absolute Gasteiger partial charge is 0.153 e. The Morgan fingerprint density at radius 2 is 2.11 bits per heavy atom. The Balaban J connectivity index is 2.23. The number of rotatable bonds is 4. The number of para-hydroxylation sites is 1. The lowest BCUT2D eigenvalue weighted by molar-refractivity contribution is 0.111. The summed E-state index contributed by atoms with van der Waals surface area (Å²) in [7, 11) is 0. The minimum absolute atomic E-state index is 0.161. The number of aldehydes is 1. The number of aryl methyl sites for hydroxylation is 1. The highest BCUT2D eigenvalue weighted by Gasteiger charge is 2.09. The molecule has 2 aromatic rings. The van der Waals surface area contributed by atoms with Crippen molar-refractivity contribution in [1.29, 1.82) is 0 Å². The van der Waals surface area contributed by atoms with E-state index in [4.69, 9.17) is 16.3 Å². The van der Waals surface area contributed by atoms with Gasteiger partial charge in [-0.1, -0.05) is 23.7 Å². The van der Waals surface area contributed by atoms with E-state index in [0.29, 0.717) is 22.6 Å². The molecule has 0 atom stereocenters. The van der Waals surface area contributed by atoms with Gasteiger partial charge in [0.15, 0.2) is 6.29 Å². The van der Waals surface area contributed by atoms with Gasteiger partial charge in [-0.2, -0.15) is 0 Å². The summed E-state index contributed by atoms with van der Waals surface area (Å²) in [5.74, 6) is 0.00166. The van der Waals surface area contributed by atoms with Crippen LogP contribution in [0.1, 0.15) is 21.5 Å². The predicted octanol–water partition coefficient (Wildman–Crippen LogP) is 4.18. The first-order valence-electron chi connectivity index (χ1n) is 5.73. The van der Waals surface area contributed by atoms with Crippen molar-refractivity contribution in [3.8, 4) is 5.75 Å². The van der Waals surface area contributed by atoms with Gasteiger partial charge in [-0.15, -0.1) is 0 Å². The highest BCUT2D eigenvalue weighted by atomic mass is 35.5. The topological polar surface area (TPSA) is 26.3 Å². The molecule has 0 aliphatic heterocycles. The lowest BCUT2D eigenvalue weighted by Gasteiger charge is -2.11. The average molecular weight is 279 g/mol. The molecule has 0 saturated carbocycles. The highest BCUT2D eigenvalue weighted by Crippen LogP contribution is 2.28. The Kier molecular flexibility index (Phi) is 4.17. The number of hydrogen-bond donors (Lipinski definition) is 0. The average Bonchev–Trinajstić information content (AvgIpc) is 2.40. The third-order valence-corrected chi connectivity index (χ3v) is 3.11. The standard InChI is InChI=1S/C15H12ClFO2/c1-10-5-6-13(17)7-12(10)9-19-15-11(8-18)3-2-4-14(15)16/h2-8H,9H2,1H3. The van der Waals surface area contributed by atoms with Gasteiger partial charge in [0.05, 0.1) is 10.6 Å². The summed E-state index contributed by atoms with van der Waals surface area (Å²) in [5, 5.41) is 0.360. The summed E-state index contributed by atoms with van der Waals surface area (Å²) in [5.41, 5.74) is 2.01. The van der Waals surface area contributed by atoms with Crippen LogP contribution in [0.15, 0.2) is 36.4 Å². The van der Waals surface area contributed by atoms with Crippen LogP contribution in [-0.4, -0.2) is 6.29 Å². The largest absolute Gasteiger partial charge is 0.487 e. The van der Waals surface area contributed by atoms with Crippen molar-refractivity contribution < 1.29 is 13.9 Å². The van der Waals surface area contributed by atoms with Crippen LogP contribution in [0.4, 0.5) is 4.39 Å². The van der Waals surface area contributed by atoms with Crippen molar-refractivity contribution in [1.82, 2.24) is 0 Å². The third kappa shape index (κ3) is 3.12. The Labute approximate surface area is 115 Å². The maximum atomic E-state index is 13.2. The second-order valence-electron chi connectivity index (χ2n) is 4.14. The van der Waals surface area contributed by atoms with Gasteiger partial charge in [-0.05, 0) is 42.3 Å². The molecule has 0 N–H and O–H groups in total. The summed E-state index contributed by atoms with van der Waals surface area (Å²) in [6.45, 7) is 2.03. The van der Waals surface area contributed by atoms with Crippen molar-refractivity contribution in [3.05, 3.63) is 63.9 Å². The molecular weight excluding hydrogens is 267 g/mol. The van der Waals surface area contributed by atoms with Crippen LogP contribution in [-0.2, 0) is 6.61 Å². The van der Waals surface area contributed by atoms with Gasteiger partial charge in [0, 0.05) is 0 Å². The zero-order valence-corrected chi connectivity index (χ0v) is 11.1. The monoisotopic (exact) mass is 278 g/mol. The van der Waals surface area contributed by atoms with Crippen molar-refractivity contribution in [3.63, 3.8) is 0 Å². The van der Waals surface area contributed by atoms with Gasteiger partial charge in [-0.25, -0.2) is 4.39 Å². The zero-order chi connectivity index (χ0) is 13.8. The molecule has 19 heavy (non-hydrogen) atoms. The summed E-state index contributed by atoms with van der Waals surface area (Å²) in [4.78, 5) is 10.9. The van der Waals surface area contributed by atoms with E-state index in [1.54, 1.807) is 24.3 Å². The van der Waals surface area contributed by atoms with E-state index in [0.717, 1.165) is 11.1 Å². The van der Waals surface area contributed by atoms with Crippen molar-refractivity contribution >= 4 is 17.9 Å². The molecule has 0 saturated heterocycles. The Bertz CT molecular complexity index is 611. The van der Waals surface area contributed by atoms with Crippen LogP contribution in [0.3, 0.4) is 0 Å². The molecule has 2 rings (SSSR count). The van der Waals surface area contributed by atoms with Crippen molar-refractivity contribution in [2.45, 2.75) is 13.5 Å². The summed E-state index contributed by atoms with van der Waals surface area (Å²) in [6.07, 6.45) is 0.680. The molecule has 2 aromatic carbocycles. The molecule has 4 heteroatoms. The first kappa shape index (κ1) is 13.6. The number of benzene rings is 2. The van der Waals surface area contributed by atoms with E-state index >= 15 is 0 Å². The molecule has 0 heterocycles. The van der Waals surface area contributed by atoms with Crippen LogP contribution in [0, 0.1) is 12.7 Å². The summed E-state index contributed by atoms with van der Waals surface area (Å²) in [6, 6.07) is 9.42. The van der Waals surface area contributed by atoms with Gasteiger partial charge in [0.25, 0.3) is 0 Å². The molecule has 0 fully saturated rings. The molecular formula is C15H12ClFO2. The SMILES string of the molecule is Cc1ccc(F)cc1COc1c(Cl)cccc1C=O. The number of hydrogen-bond acceptors (Lipinski definition) is 2. The van der Waals surface area contributed by atoms with E-state index in [9.17, 15) is 9.18 Å². The number of carbonyl (C=O) groups excluding carboxylic acids is 1. The van der Waals surface area contributed by atoms with Gasteiger partial charge >= 0.3 is 0 Å². The van der Waals surface area contributed by atoms with E-state index in [1.807, 2.05) is 6.92 Å². The third-order valence-electron chi connectivity index (χ3n) is 2.81. The molecule has 0 aromatic heterocycles. The molecule has 0 aliphatic carbocycles. The molecule has 0 spiro atoms.